The van der Waals surface area contributed by atoms with Gasteiger partial charge >= 0.3 is 0 Å². The van der Waals surface area contributed by atoms with Crippen LogP contribution in [-0.4, -0.2) is 16.4 Å². The van der Waals surface area contributed by atoms with Crippen molar-refractivity contribution in [2.75, 3.05) is 0 Å². The van der Waals surface area contributed by atoms with Crippen molar-refractivity contribution >= 4 is 34.8 Å². The van der Waals surface area contributed by atoms with Gasteiger partial charge in [-0.05, 0) is 60.5 Å². The quantitative estimate of drug-likeness (QED) is 0.392. The summed E-state index contributed by atoms with van der Waals surface area (Å²) in [6.07, 6.45) is 0. The van der Waals surface area contributed by atoms with Crippen molar-refractivity contribution in [3.63, 3.8) is 0 Å². The van der Waals surface area contributed by atoms with Crippen molar-refractivity contribution in [3.05, 3.63) is 122 Å². The van der Waals surface area contributed by atoms with Crippen LogP contribution in [0.1, 0.15) is 37.5 Å². The number of benzene rings is 3. The summed E-state index contributed by atoms with van der Waals surface area (Å²) in [6, 6.07) is 20.0. The lowest BCUT2D eigenvalue weighted by atomic mass is 10.1. The van der Waals surface area contributed by atoms with Gasteiger partial charge in [-0.25, -0.2) is 4.39 Å². The highest BCUT2D eigenvalue weighted by atomic mass is 35.5. The first kappa shape index (κ1) is 23.6. The lowest BCUT2D eigenvalue weighted by Gasteiger charge is -2.09. The molecule has 4 aromatic rings. The van der Waals surface area contributed by atoms with Gasteiger partial charge in [0.2, 0.25) is 0 Å². The molecule has 3 aromatic carbocycles. The fraction of sp³-hybridized carbons (Fsp3) is 0.115. The average Bonchev–Trinajstić information content (AvgIpc) is 3.17. The van der Waals surface area contributed by atoms with Crippen LogP contribution in [0.3, 0.4) is 0 Å². The second kappa shape index (κ2) is 10.6. The molecule has 0 fully saturated rings. The monoisotopic (exact) mass is 493 g/mol. The molecule has 34 heavy (non-hydrogen) atoms. The molecule has 1 N–H and O–H groups in total. The average molecular weight is 494 g/mol. The van der Waals surface area contributed by atoms with Crippen molar-refractivity contribution < 1.29 is 14.0 Å². The summed E-state index contributed by atoms with van der Waals surface area (Å²) in [7, 11) is 0. The number of halogens is 2. The Bertz CT molecular complexity index is 1390. The van der Waals surface area contributed by atoms with E-state index in [4.69, 9.17) is 11.6 Å². The highest BCUT2D eigenvalue weighted by Crippen LogP contribution is 2.13. The second-order valence-corrected chi connectivity index (χ2v) is 8.95. The third-order valence-corrected chi connectivity index (χ3v) is 6.40. The summed E-state index contributed by atoms with van der Waals surface area (Å²) in [5.74, 6) is -0.876. The van der Waals surface area contributed by atoms with E-state index in [1.165, 1.54) is 23.5 Å². The number of amides is 2. The Morgan fingerprint density at radius 1 is 1.00 bits per heavy atom. The molecular formula is C26H21ClFN3O2S. The van der Waals surface area contributed by atoms with Gasteiger partial charge in [0.05, 0.1) is 6.54 Å². The first-order valence-electron chi connectivity index (χ1n) is 10.5. The van der Waals surface area contributed by atoms with Crippen LogP contribution in [-0.2, 0) is 13.1 Å². The number of carbonyl (C=O) groups excluding carboxylic acids is 2. The lowest BCUT2D eigenvalue weighted by Crippen LogP contribution is -2.23. The molecule has 5 nitrogen and oxygen atoms in total. The standard InChI is InChI=1S/C26H21ClFN3O2S/c1-17-16-34-26(30-25(33)21-3-2-4-22(27)13-21)31(17)15-19-5-9-20(10-6-19)24(32)29-14-18-7-11-23(28)12-8-18/h2-13,16H,14-15H2,1H3,(H,29,32). The van der Waals surface area contributed by atoms with Crippen molar-refractivity contribution in [3.8, 4) is 0 Å². The van der Waals surface area contributed by atoms with E-state index in [9.17, 15) is 14.0 Å². The van der Waals surface area contributed by atoms with Gasteiger partial charge in [0, 0.05) is 33.8 Å². The Balaban J connectivity index is 1.45. The molecule has 172 valence electrons. The summed E-state index contributed by atoms with van der Waals surface area (Å²) in [4.78, 5) is 29.9. The third kappa shape index (κ3) is 5.87. The fourth-order valence-corrected chi connectivity index (χ4v) is 4.36. The number of carbonyl (C=O) groups is 2. The number of thiazole rings is 1. The Kier molecular flexibility index (Phi) is 7.35. The largest absolute Gasteiger partial charge is 0.348 e. The number of hydrogen-bond acceptors (Lipinski definition) is 3. The maximum atomic E-state index is 13.0. The first-order chi connectivity index (χ1) is 16.4. The van der Waals surface area contributed by atoms with Gasteiger partial charge < -0.3 is 9.88 Å². The van der Waals surface area contributed by atoms with E-state index in [0.717, 1.165) is 16.8 Å². The zero-order valence-electron chi connectivity index (χ0n) is 18.3. The van der Waals surface area contributed by atoms with Gasteiger partial charge in [-0.3, -0.25) is 9.59 Å². The summed E-state index contributed by atoms with van der Waals surface area (Å²) < 4.78 is 15.0. The molecular weight excluding hydrogens is 473 g/mol. The number of rotatable bonds is 6. The second-order valence-electron chi connectivity index (χ2n) is 7.68. The van der Waals surface area contributed by atoms with Crippen molar-refractivity contribution in [2.45, 2.75) is 20.0 Å². The first-order valence-corrected chi connectivity index (χ1v) is 11.8. The molecule has 0 aliphatic carbocycles. The molecule has 0 radical (unpaired) electrons. The Labute approximate surface area is 205 Å². The Morgan fingerprint density at radius 2 is 1.71 bits per heavy atom. The van der Waals surface area contributed by atoms with Crippen molar-refractivity contribution in [1.82, 2.24) is 9.88 Å². The molecule has 4 rings (SSSR count). The fourth-order valence-electron chi connectivity index (χ4n) is 3.30. The third-order valence-electron chi connectivity index (χ3n) is 5.18. The smallest absolute Gasteiger partial charge is 0.279 e. The number of hydrogen-bond donors (Lipinski definition) is 1. The van der Waals surface area contributed by atoms with E-state index < -0.39 is 0 Å². The van der Waals surface area contributed by atoms with Crippen LogP contribution in [0.25, 0.3) is 0 Å². The molecule has 0 saturated carbocycles. The van der Waals surface area contributed by atoms with Crippen molar-refractivity contribution in [2.24, 2.45) is 4.99 Å². The molecule has 0 aliphatic heterocycles. The van der Waals surface area contributed by atoms with Gasteiger partial charge in [-0.15, -0.1) is 11.3 Å². The number of nitrogens with zero attached hydrogens (tertiary/aromatic N) is 2. The zero-order valence-corrected chi connectivity index (χ0v) is 19.9. The number of aromatic nitrogens is 1. The van der Waals surface area contributed by atoms with Crippen LogP contribution in [0.15, 0.2) is 83.2 Å². The van der Waals surface area contributed by atoms with Crippen LogP contribution in [0.4, 0.5) is 4.39 Å². The molecule has 0 spiro atoms. The summed E-state index contributed by atoms with van der Waals surface area (Å²) >= 11 is 7.38. The minimum atomic E-state index is -0.355. The van der Waals surface area contributed by atoms with Gasteiger partial charge in [0.25, 0.3) is 11.8 Å². The van der Waals surface area contributed by atoms with Crippen molar-refractivity contribution in [1.29, 1.82) is 0 Å². The van der Waals surface area contributed by atoms with E-state index in [1.807, 2.05) is 29.0 Å². The van der Waals surface area contributed by atoms with Gasteiger partial charge in [-0.1, -0.05) is 41.9 Å². The molecule has 0 aliphatic rings. The normalized spacial score (nSPS) is 11.4. The highest BCUT2D eigenvalue weighted by Gasteiger charge is 2.09. The minimum Gasteiger partial charge on any atom is -0.348 e. The summed E-state index contributed by atoms with van der Waals surface area (Å²) in [5, 5.41) is 5.26. The molecule has 8 heteroatoms. The predicted molar refractivity (Wildman–Crippen MR) is 132 cm³/mol. The Hall–Kier alpha value is -3.55. The summed E-state index contributed by atoms with van der Waals surface area (Å²) in [6.45, 7) is 2.78. The molecule has 0 saturated heterocycles. The van der Waals surface area contributed by atoms with Crippen LogP contribution in [0, 0.1) is 12.7 Å². The lowest BCUT2D eigenvalue weighted by molar-refractivity contribution is 0.0949. The summed E-state index contributed by atoms with van der Waals surface area (Å²) in [5.41, 5.74) is 3.72. The zero-order chi connectivity index (χ0) is 24.1. The predicted octanol–water partition coefficient (Wildman–Crippen LogP) is 5.37. The van der Waals surface area contributed by atoms with E-state index >= 15 is 0 Å². The van der Waals surface area contributed by atoms with E-state index in [1.54, 1.807) is 48.5 Å². The number of nitrogens with one attached hydrogen (secondary N) is 1. The van der Waals surface area contributed by atoms with E-state index in [0.29, 0.717) is 34.0 Å². The topological polar surface area (TPSA) is 63.5 Å². The minimum absolute atomic E-state index is 0.210. The van der Waals surface area contributed by atoms with Crippen LogP contribution >= 0.6 is 22.9 Å². The molecule has 0 unspecified atom stereocenters. The van der Waals surface area contributed by atoms with Crippen LogP contribution in [0.5, 0.6) is 0 Å². The van der Waals surface area contributed by atoms with Crippen LogP contribution in [0.2, 0.25) is 5.02 Å². The molecule has 0 bridgehead atoms. The molecule has 0 atom stereocenters. The highest BCUT2D eigenvalue weighted by molar-refractivity contribution is 7.07. The van der Waals surface area contributed by atoms with Crippen LogP contribution < -0.4 is 10.1 Å². The van der Waals surface area contributed by atoms with E-state index in [2.05, 4.69) is 10.3 Å². The van der Waals surface area contributed by atoms with Gasteiger partial charge in [0.15, 0.2) is 4.80 Å². The molecule has 2 amide bonds. The maximum Gasteiger partial charge on any atom is 0.279 e. The molecule has 1 heterocycles. The maximum absolute atomic E-state index is 13.0. The Morgan fingerprint density at radius 3 is 2.41 bits per heavy atom. The van der Waals surface area contributed by atoms with Gasteiger partial charge in [-0.2, -0.15) is 4.99 Å². The van der Waals surface area contributed by atoms with E-state index in [-0.39, 0.29) is 17.6 Å². The van der Waals surface area contributed by atoms with Gasteiger partial charge in [0.1, 0.15) is 5.82 Å². The molecule has 1 aromatic heterocycles. The SMILES string of the molecule is Cc1csc(=NC(=O)c2cccc(Cl)c2)n1Cc1ccc(C(=O)NCc2ccc(F)cc2)cc1. The number of aryl methyl sites for hydroxylation is 1.